The van der Waals surface area contributed by atoms with Gasteiger partial charge >= 0.3 is 12.1 Å². The minimum atomic E-state index is -4.52. The maximum absolute atomic E-state index is 12.7. The molecule has 1 amide bonds. The Morgan fingerprint density at radius 2 is 2.04 bits per heavy atom. The average Bonchev–Trinajstić information content (AvgIpc) is 3.29. The molecule has 0 bridgehead atoms. The van der Waals surface area contributed by atoms with Gasteiger partial charge < -0.3 is 10.1 Å². The number of esters is 1. The number of amides is 1. The third kappa shape index (κ3) is 4.76. The van der Waals surface area contributed by atoms with Gasteiger partial charge in [0.2, 0.25) is 0 Å². The molecule has 0 saturated carbocycles. The fourth-order valence-corrected chi connectivity index (χ4v) is 3.93. The number of benzene rings is 1. The number of ether oxygens (including phenoxy) is 1. The lowest BCUT2D eigenvalue weighted by molar-refractivity contribution is -0.137. The molecule has 3 rings (SSSR count). The van der Waals surface area contributed by atoms with E-state index in [9.17, 15) is 22.8 Å². The van der Waals surface area contributed by atoms with Gasteiger partial charge in [0.05, 0.1) is 11.3 Å². The lowest BCUT2D eigenvalue weighted by atomic mass is 10.2. The fraction of sp³-hybridized carbons (Fsp3) is 0.167. The van der Waals surface area contributed by atoms with Crippen LogP contribution in [0, 0.1) is 6.92 Å². The molecule has 0 aliphatic heterocycles. The minimum Gasteiger partial charge on any atom is -0.451 e. The second-order valence-corrected chi connectivity index (χ2v) is 7.43. The van der Waals surface area contributed by atoms with Gasteiger partial charge in [0, 0.05) is 16.6 Å². The first-order valence-corrected chi connectivity index (χ1v) is 9.64. The van der Waals surface area contributed by atoms with Crippen LogP contribution in [0.25, 0.3) is 10.6 Å². The molecule has 3 aromatic rings. The molecule has 0 fully saturated rings. The zero-order valence-electron chi connectivity index (χ0n) is 14.4. The Hall–Kier alpha value is -2.72. The number of hydrogen-bond acceptors (Lipinski definition) is 6. The van der Waals surface area contributed by atoms with E-state index in [0.717, 1.165) is 29.0 Å². The Balaban J connectivity index is 1.60. The van der Waals surface area contributed by atoms with Crippen molar-refractivity contribution in [3.8, 4) is 10.6 Å². The van der Waals surface area contributed by atoms with Gasteiger partial charge in [-0.3, -0.25) is 4.79 Å². The first-order valence-electron chi connectivity index (χ1n) is 7.88. The first kappa shape index (κ1) is 20.0. The van der Waals surface area contributed by atoms with Gasteiger partial charge in [-0.25, -0.2) is 9.78 Å². The summed E-state index contributed by atoms with van der Waals surface area (Å²) in [5.41, 5.74) is 0.446. The molecule has 0 saturated heterocycles. The molecule has 10 heteroatoms. The van der Waals surface area contributed by atoms with Crippen LogP contribution in [0.3, 0.4) is 0 Å². The highest BCUT2D eigenvalue weighted by atomic mass is 32.1. The first-order chi connectivity index (χ1) is 13.2. The molecule has 1 N–H and O–H groups in total. The molecule has 2 aromatic heterocycles. The van der Waals surface area contributed by atoms with E-state index in [-0.39, 0.29) is 10.6 Å². The van der Waals surface area contributed by atoms with E-state index in [1.807, 2.05) is 16.8 Å². The summed E-state index contributed by atoms with van der Waals surface area (Å²) in [6.45, 7) is 1.03. The number of aromatic nitrogens is 1. The summed E-state index contributed by atoms with van der Waals surface area (Å²) in [6.07, 6.45) is -4.52. The molecule has 0 spiro atoms. The number of carbonyl (C=O) groups is 2. The summed E-state index contributed by atoms with van der Waals surface area (Å²) in [4.78, 5) is 28.7. The van der Waals surface area contributed by atoms with Crippen molar-refractivity contribution in [2.24, 2.45) is 0 Å². The number of thiophene rings is 1. The van der Waals surface area contributed by atoms with Crippen molar-refractivity contribution in [1.29, 1.82) is 0 Å². The molecule has 0 aliphatic carbocycles. The van der Waals surface area contributed by atoms with Crippen LogP contribution in [-0.2, 0) is 15.7 Å². The lowest BCUT2D eigenvalue weighted by Crippen LogP contribution is -2.21. The molecule has 0 unspecified atom stereocenters. The molecule has 2 heterocycles. The summed E-state index contributed by atoms with van der Waals surface area (Å²) in [5.74, 6) is -1.46. The van der Waals surface area contributed by atoms with E-state index >= 15 is 0 Å². The van der Waals surface area contributed by atoms with Crippen LogP contribution in [0.2, 0.25) is 0 Å². The molecule has 28 heavy (non-hydrogen) atoms. The molecule has 5 nitrogen and oxygen atoms in total. The zero-order valence-corrected chi connectivity index (χ0v) is 16.0. The number of aryl methyl sites for hydroxylation is 1. The molecule has 146 valence electrons. The third-order valence-corrected chi connectivity index (χ3v) is 5.43. The summed E-state index contributed by atoms with van der Waals surface area (Å²) in [7, 11) is 0. The maximum atomic E-state index is 12.7. The fourth-order valence-electron chi connectivity index (χ4n) is 2.26. The molecule has 0 radical (unpaired) electrons. The highest BCUT2D eigenvalue weighted by Gasteiger charge is 2.30. The van der Waals surface area contributed by atoms with Crippen molar-refractivity contribution in [3.63, 3.8) is 0 Å². The van der Waals surface area contributed by atoms with Crippen molar-refractivity contribution >= 4 is 40.2 Å². The number of hydrogen-bond donors (Lipinski definition) is 1. The largest absolute Gasteiger partial charge is 0.451 e. The van der Waals surface area contributed by atoms with Crippen molar-refractivity contribution < 1.29 is 27.5 Å². The van der Waals surface area contributed by atoms with Crippen molar-refractivity contribution in [2.75, 3.05) is 11.9 Å². The van der Waals surface area contributed by atoms with E-state index < -0.39 is 30.2 Å². The van der Waals surface area contributed by atoms with E-state index in [2.05, 4.69) is 10.3 Å². The standard InChI is InChI=1S/C18H13F3N2O3S2/c1-10-15(28-16(22-10)11-5-6-27-9-11)17(25)26-8-14(24)23-13-4-2-3-12(7-13)18(19,20)21/h2-7,9H,8H2,1H3,(H,23,24). The van der Waals surface area contributed by atoms with Crippen LogP contribution >= 0.6 is 22.7 Å². The van der Waals surface area contributed by atoms with Crippen LogP contribution in [-0.4, -0.2) is 23.5 Å². The van der Waals surface area contributed by atoms with Gasteiger partial charge in [0.1, 0.15) is 9.88 Å². The highest BCUT2D eigenvalue weighted by Crippen LogP contribution is 2.31. The van der Waals surface area contributed by atoms with Crippen LogP contribution in [0.1, 0.15) is 20.9 Å². The average molecular weight is 426 g/mol. The quantitative estimate of drug-likeness (QED) is 0.584. The Labute approximate surface area is 165 Å². The van der Waals surface area contributed by atoms with Crippen molar-refractivity contribution in [1.82, 2.24) is 4.98 Å². The maximum Gasteiger partial charge on any atom is 0.416 e. The molecular formula is C18H13F3N2O3S2. The van der Waals surface area contributed by atoms with Gasteiger partial charge in [-0.05, 0) is 36.6 Å². The third-order valence-electron chi connectivity index (χ3n) is 3.56. The van der Waals surface area contributed by atoms with E-state index in [1.54, 1.807) is 6.92 Å². The van der Waals surface area contributed by atoms with Gasteiger partial charge in [0.15, 0.2) is 6.61 Å². The van der Waals surface area contributed by atoms with Gasteiger partial charge in [-0.1, -0.05) is 6.07 Å². The predicted molar refractivity (Wildman–Crippen MR) is 101 cm³/mol. The molecule has 0 atom stereocenters. The summed E-state index contributed by atoms with van der Waals surface area (Å²) in [5, 5.41) is 6.73. The normalized spacial score (nSPS) is 11.3. The van der Waals surface area contributed by atoms with E-state index in [1.165, 1.54) is 23.5 Å². The highest BCUT2D eigenvalue weighted by molar-refractivity contribution is 7.17. The van der Waals surface area contributed by atoms with E-state index in [4.69, 9.17) is 4.74 Å². The lowest BCUT2D eigenvalue weighted by Gasteiger charge is -2.10. The Kier molecular flexibility index (Phi) is 5.80. The number of halogens is 3. The summed E-state index contributed by atoms with van der Waals surface area (Å²) in [6, 6.07) is 6.07. The van der Waals surface area contributed by atoms with Gasteiger partial charge in [0.25, 0.3) is 5.91 Å². The second kappa shape index (κ2) is 8.11. The van der Waals surface area contributed by atoms with Crippen molar-refractivity contribution in [3.05, 3.63) is 57.2 Å². The number of rotatable bonds is 5. The Bertz CT molecular complexity index is 998. The van der Waals surface area contributed by atoms with Crippen LogP contribution < -0.4 is 5.32 Å². The van der Waals surface area contributed by atoms with Gasteiger partial charge in [-0.15, -0.1) is 11.3 Å². The number of alkyl halides is 3. The topological polar surface area (TPSA) is 68.3 Å². The van der Waals surface area contributed by atoms with Crippen LogP contribution in [0.5, 0.6) is 0 Å². The Morgan fingerprint density at radius 3 is 2.71 bits per heavy atom. The predicted octanol–water partition coefficient (Wildman–Crippen LogP) is 4.99. The van der Waals surface area contributed by atoms with Gasteiger partial charge in [-0.2, -0.15) is 24.5 Å². The summed E-state index contributed by atoms with van der Waals surface area (Å²) < 4.78 is 43.1. The van der Waals surface area contributed by atoms with Crippen LogP contribution in [0.15, 0.2) is 41.1 Å². The number of nitrogens with zero attached hydrogens (tertiary/aromatic N) is 1. The SMILES string of the molecule is Cc1nc(-c2ccsc2)sc1C(=O)OCC(=O)Nc1cccc(C(F)(F)F)c1. The molecule has 1 aromatic carbocycles. The van der Waals surface area contributed by atoms with Crippen molar-refractivity contribution in [2.45, 2.75) is 13.1 Å². The smallest absolute Gasteiger partial charge is 0.416 e. The Morgan fingerprint density at radius 1 is 1.25 bits per heavy atom. The number of anilines is 1. The summed E-state index contributed by atoms with van der Waals surface area (Å²) >= 11 is 2.65. The second-order valence-electron chi connectivity index (χ2n) is 5.65. The molecular weight excluding hydrogens is 413 g/mol. The van der Waals surface area contributed by atoms with Crippen LogP contribution in [0.4, 0.5) is 18.9 Å². The molecule has 0 aliphatic rings. The number of thiazole rings is 1. The minimum absolute atomic E-state index is 0.0374. The van der Waals surface area contributed by atoms with E-state index in [0.29, 0.717) is 10.7 Å². The number of carbonyl (C=O) groups excluding carboxylic acids is 2. The monoisotopic (exact) mass is 426 g/mol. The zero-order chi connectivity index (χ0) is 20.3. The number of nitrogens with one attached hydrogen (secondary N) is 1.